The summed E-state index contributed by atoms with van der Waals surface area (Å²) in [5.74, 6) is 0. The van der Waals surface area contributed by atoms with Crippen molar-refractivity contribution >= 4 is 24.2 Å². The van der Waals surface area contributed by atoms with Crippen molar-refractivity contribution in [2.45, 2.75) is 64.5 Å². The summed E-state index contributed by atoms with van der Waals surface area (Å²) >= 11 is 0. The van der Waals surface area contributed by atoms with Crippen LogP contribution in [0.4, 0.5) is 0 Å². The van der Waals surface area contributed by atoms with E-state index in [1.807, 2.05) is 10.4 Å². The lowest BCUT2D eigenvalue weighted by Gasteiger charge is -2.23. The maximum Gasteiger partial charge on any atom is 0.0722 e. The van der Waals surface area contributed by atoms with Crippen LogP contribution in [0.5, 0.6) is 0 Å². The minimum Gasteiger partial charge on any atom is -0.0813 e. The van der Waals surface area contributed by atoms with Crippen LogP contribution in [0.15, 0.2) is 10.4 Å². The first-order chi connectivity index (χ1) is 6.37. The highest BCUT2D eigenvalue weighted by Gasteiger charge is 2.53. The number of rotatable bonds is 3. The molecule has 0 unspecified atom stereocenters. The van der Waals surface area contributed by atoms with Crippen LogP contribution in [0, 0.1) is 0 Å². The van der Waals surface area contributed by atoms with Crippen LogP contribution in [0.25, 0.3) is 0 Å². The van der Waals surface area contributed by atoms with E-state index in [0.29, 0.717) is 0 Å². The predicted octanol–water partition coefficient (Wildman–Crippen LogP) is 4.76. The number of allylic oxidation sites excluding steroid dienone is 2. The third-order valence-corrected chi connectivity index (χ3v) is 10.8. The normalized spacial score (nSPS) is 19.8. The van der Waals surface area contributed by atoms with Crippen molar-refractivity contribution in [2.24, 2.45) is 0 Å². The van der Waals surface area contributed by atoms with Gasteiger partial charge in [-0.1, -0.05) is 69.3 Å². The average molecular weight is 257 g/mol. The smallest absolute Gasteiger partial charge is 0.0722 e. The van der Waals surface area contributed by atoms with Gasteiger partial charge in [0, 0.05) is 0 Å². The van der Waals surface area contributed by atoms with Crippen LogP contribution in [0.2, 0.25) is 64.5 Å². The van der Waals surface area contributed by atoms with Crippen LogP contribution in [-0.2, 0) is 0 Å². The molecular formula is C12H28Si3. The fourth-order valence-corrected chi connectivity index (χ4v) is 16.4. The molecular weight excluding hydrogens is 228 g/mol. The molecule has 0 amide bonds. The van der Waals surface area contributed by atoms with Crippen LogP contribution < -0.4 is 0 Å². The van der Waals surface area contributed by atoms with Gasteiger partial charge in [0.05, 0.1) is 24.2 Å². The Kier molecular flexibility index (Phi) is 3.09. The Morgan fingerprint density at radius 2 is 0.867 bits per heavy atom. The van der Waals surface area contributed by atoms with Gasteiger partial charge in [0.2, 0.25) is 0 Å². The highest BCUT2D eigenvalue weighted by molar-refractivity contribution is 6.98. The molecule has 88 valence electrons. The molecule has 1 aliphatic carbocycles. The molecule has 0 aromatic heterocycles. The van der Waals surface area contributed by atoms with Gasteiger partial charge in [-0.05, 0) is 5.54 Å². The van der Waals surface area contributed by atoms with E-state index in [2.05, 4.69) is 58.9 Å². The van der Waals surface area contributed by atoms with Crippen molar-refractivity contribution in [3.63, 3.8) is 0 Å². The third-order valence-electron chi connectivity index (χ3n) is 3.27. The summed E-state index contributed by atoms with van der Waals surface area (Å²) in [6.45, 7) is 22.8. The lowest BCUT2D eigenvalue weighted by atomic mass is 10.8. The zero-order valence-corrected chi connectivity index (χ0v) is 15.1. The molecule has 15 heavy (non-hydrogen) atoms. The summed E-state index contributed by atoms with van der Waals surface area (Å²) in [5, 5.41) is 3.95. The second-order valence-corrected chi connectivity index (χ2v) is 23.5. The Morgan fingerprint density at radius 3 is 0.933 bits per heavy atom. The fraction of sp³-hybridized carbons (Fsp3) is 0.833. The Balaban J connectivity index is 3.05. The zero-order valence-electron chi connectivity index (χ0n) is 12.1. The summed E-state index contributed by atoms with van der Waals surface area (Å²) in [7, 11) is -3.01. The molecule has 0 aromatic rings. The van der Waals surface area contributed by atoms with Gasteiger partial charge in [0.25, 0.3) is 0 Å². The first kappa shape index (κ1) is 13.5. The summed E-state index contributed by atoms with van der Waals surface area (Å²) in [6.07, 6.45) is 0. The molecule has 0 atom stereocenters. The van der Waals surface area contributed by atoms with Gasteiger partial charge in [-0.25, -0.2) is 0 Å². The van der Waals surface area contributed by atoms with E-state index in [1.165, 1.54) is 0 Å². The SMILES string of the molecule is C[Si](C)(C)C1=C([Si](C)(C)C)C1[Si](C)(C)C. The predicted molar refractivity (Wildman–Crippen MR) is 80.8 cm³/mol. The Labute approximate surface area is 99.2 Å². The van der Waals surface area contributed by atoms with Gasteiger partial charge >= 0.3 is 0 Å². The Morgan fingerprint density at radius 1 is 0.600 bits per heavy atom. The number of hydrogen-bond donors (Lipinski definition) is 0. The molecule has 0 fully saturated rings. The van der Waals surface area contributed by atoms with Gasteiger partial charge in [0.15, 0.2) is 0 Å². The fourth-order valence-electron chi connectivity index (χ4n) is 2.76. The second-order valence-electron chi connectivity index (χ2n) is 8.13. The molecule has 0 radical (unpaired) electrons. The second kappa shape index (κ2) is 3.44. The van der Waals surface area contributed by atoms with E-state index in [0.717, 1.165) is 5.54 Å². The van der Waals surface area contributed by atoms with Gasteiger partial charge < -0.3 is 0 Å². The summed E-state index contributed by atoms with van der Waals surface area (Å²) in [4.78, 5) is 0. The average Bonchev–Trinajstić information content (AvgIpc) is 2.51. The van der Waals surface area contributed by atoms with E-state index in [4.69, 9.17) is 0 Å². The van der Waals surface area contributed by atoms with Crippen molar-refractivity contribution in [3.05, 3.63) is 10.4 Å². The van der Waals surface area contributed by atoms with Crippen molar-refractivity contribution in [1.82, 2.24) is 0 Å². The minimum atomic E-state index is -1.02. The summed E-state index contributed by atoms with van der Waals surface area (Å²) in [6, 6.07) is 0. The van der Waals surface area contributed by atoms with Crippen molar-refractivity contribution in [2.75, 3.05) is 0 Å². The molecule has 0 aliphatic heterocycles. The lowest BCUT2D eigenvalue weighted by molar-refractivity contribution is 1.38. The molecule has 0 saturated heterocycles. The standard InChI is InChI=1S/C12H28Si3/c1-13(2,3)10-11(14(4,5)6)12(10)15(7,8)9/h10H,1-9H3. The molecule has 1 rings (SSSR count). The topological polar surface area (TPSA) is 0 Å². The Bertz CT molecular complexity index is 270. The molecule has 3 heteroatoms. The largest absolute Gasteiger partial charge is 0.0813 e. The first-order valence-corrected chi connectivity index (χ1v) is 16.7. The van der Waals surface area contributed by atoms with Gasteiger partial charge in [-0.15, -0.1) is 0 Å². The monoisotopic (exact) mass is 256 g/mol. The zero-order chi connectivity index (χ0) is 12.2. The first-order valence-electron chi connectivity index (χ1n) is 6.12. The maximum absolute atomic E-state index is 2.55. The van der Waals surface area contributed by atoms with Gasteiger partial charge in [-0.2, -0.15) is 0 Å². The van der Waals surface area contributed by atoms with E-state index in [1.54, 1.807) is 0 Å². The molecule has 0 aromatic carbocycles. The van der Waals surface area contributed by atoms with Gasteiger partial charge in [0.1, 0.15) is 0 Å². The molecule has 0 saturated carbocycles. The highest BCUT2D eigenvalue weighted by atomic mass is 28.3. The molecule has 0 nitrogen and oxygen atoms in total. The molecule has 0 heterocycles. The van der Waals surface area contributed by atoms with Crippen LogP contribution >= 0.6 is 0 Å². The molecule has 0 N–H and O–H groups in total. The lowest BCUT2D eigenvalue weighted by Crippen LogP contribution is -2.30. The van der Waals surface area contributed by atoms with Crippen LogP contribution in [0.1, 0.15) is 0 Å². The maximum atomic E-state index is 2.55. The summed E-state index contributed by atoms with van der Waals surface area (Å²) < 4.78 is 0. The van der Waals surface area contributed by atoms with Crippen molar-refractivity contribution < 1.29 is 0 Å². The summed E-state index contributed by atoms with van der Waals surface area (Å²) in [5.41, 5.74) is 0.996. The van der Waals surface area contributed by atoms with E-state index >= 15 is 0 Å². The van der Waals surface area contributed by atoms with Crippen LogP contribution in [-0.4, -0.2) is 24.2 Å². The van der Waals surface area contributed by atoms with Crippen molar-refractivity contribution in [3.8, 4) is 0 Å². The molecule has 0 spiro atoms. The third kappa shape index (κ3) is 2.74. The molecule has 1 aliphatic rings. The highest BCUT2D eigenvalue weighted by Crippen LogP contribution is 2.59. The van der Waals surface area contributed by atoms with E-state index in [-0.39, 0.29) is 0 Å². The Hall–Kier alpha value is 0.391. The van der Waals surface area contributed by atoms with Crippen LogP contribution in [0.3, 0.4) is 0 Å². The quantitative estimate of drug-likeness (QED) is 0.639. The minimum absolute atomic E-state index is 0.974. The van der Waals surface area contributed by atoms with E-state index < -0.39 is 24.2 Å². The molecule has 0 bridgehead atoms. The van der Waals surface area contributed by atoms with E-state index in [9.17, 15) is 0 Å². The number of hydrogen-bond acceptors (Lipinski definition) is 0. The van der Waals surface area contributed by atoms with Gasteiger partial charge in [-0.3, -0.25) is 0 Å². The van der Waals surface area contributed by atoms with Crippen molar-refractivity contribution in [1.29, 1.82) is 0 Å².